The lowest BCUT2D eigenvalue weighted by molar-refractivity contribution is 0.0734. The number of likely N-dealkylation sites (tertiary alicyclic amines) is 1. The number of carbonyl (C=O) groups is 1. The van der Waals surface area contributed by atoms with Crippen LogP contribution in [-0.4, -0.2) is 47.1 Å². The van der Waals surface area contributed by atoms with Gasteiger partial charge in [-0.05, 0) is 79.6 Å². The molecule has 3 aromatic rings. The van der Waals surface area contributed by atoms with Crippen LogP contribution in [0.15, 0.2) is 71.6 Å². The molecule has 1 heterocycles. The predicted octanol–water partition coefficient (Wildman–Crippen LogP) is 4.49. The monoisotopic (exact) mass is 496 g/mol. The quantitative estimate of drug-likeness (QED) is 0.494. The number of hydrogen-bond acceptors (Lipinski definition) is 6. The van der Waals surface area contributed by atoms with Gasteiger partial charge >= 0.3 is 0 Å². The third-order valence-electron chi connectivity index (χ3n) is 6.06. The number of nitrogens with one attached hydrogen (secondary N) is 1. The van der Waals surface area contributed by atoms with E-state index in [1.807, 2.05) is 18.2 Å². The molecule has 0 spiro atoms. The Morgan fingerprint density at radius 3 is 2.17 bits per heavy atom. The van der Waals surface area contributed by atoms with Gasteiger partial charge in [-0.2, -0.15) is 0 Å². The van der Waals surface area contributed by atoms with Gasteiger partial charge in [0.15, 0.2) is 0 Å². The van der Waals surface area contributed by atoms with E-state index in [0.717, 1.165) is 18.4 Å². The van der Waals surface area contributed by atoms with Crippen molar-refractivity contribution in [1.29, 1.82) is 0 Å². The highest BCUT2D eigenvalue weighted by Gasteiger charge is 2.33. The number of nitrogens with zero attached hydrogens (tertiary/aromatic N) is 1. The Hall–Kier alpha value is -3.72. The number of rotatable bonds is 8. The first-order valence-electron chi connectivity index (χ1n) is 11.2. The van der Waals surface area contributed by atoms with Gasteiger partial charge < -0.3 is 19.1 Å². The zero-order valence-corrected chi connectivity index (χ0v) is 20.7. The molecule has 0 aromatic heterocycles. The highest BCUT2D eigenvalue weighted by molar-refractivity contribution is 7.92. The molecule has 4 rings (SSSR count). The zero-order valence-electron chi connectivity index (χ0n) is 19.9. The number of amides is 1. The molecule has 8 nitrogen and oxygen atoms in total. The van der Waals surface area contributed by atoms with Crippen LogP contribution in [0.1, 0.15) is 34.8 Å². The van der Waals surface area contributed by atoms with Gasteiger partial charge in [-0.15, -0.1) is 0 Å². The summed E-state index contributed by atoms with van der Waals surface area (Å²) in [4.78, 5) is 15.2. The molecule has 0 radical (unpaired) electrons. The van der Waals surface area contributed by atoms with Crippen LogP contribution < -0.4 is 18.9 Å². The maximum absolute atomic E-state index is 13.4. The molecule has 0 bridgehead atoms. The van der Waals surface area contributed by atoms with Crippen LogP contribution in [0.5, 0.6) is 17.2 Å². The van der Waals surface area contributed by atoms with Gasteiger partial charge in [0, 0.05) is 23.4 Å². The van der Waals surface area contributed by atoms with Crippen molar-refractivity contribution in [3.8, 4) is 17.2 Å². The largest absolute Gasteiger partial charge is 0.497 e. The minimum absolute atomic E-state index is 0.0669. The third kappa shape index (κ3) is 5.19. The van der Waals surface area contributed by atoms with Gasteiger partial charge in [-0.1, -0.05) is 0 Å². The SMILES string of the molecule is COc1ccc(NS(=O)(=O)c2ccc(C(=O)N3CCCC3c3cc(OC)ccc3OC)cc2)cc1. The Kier molecular flexibility index (Phi) is 7.16. The molecule has 1 unspecified atom stereocenters. The molecule has 35 heavy (non-hydrogen) atoms. The van der Waals surface area contributed by atoms with Crippen LogP contribution in [-0.2, 0) is 10.0 Å². The Morgan fingerprint density at radius 2 is 1.54 bits per heavy atom. The van der Waals surface area contributed by atoms with Crippen LogP contribution in [0.2, 0.25) is 0 Å². The van der Waals surface area contributed by atoms with Crippen molar-refractivity contribution < 1.29 is 27.4 Å². The van der Waals surface area contributed by atoms with Crippen molar-refractivity contribution >= 4 is 21.6 Å². The second kappa shape index (κ2) is 10.3. The van der Waals surface area contributed by atoms with Crippen molar-refractivity contribution in [2.24, 2.45) is 0 Å². The molecule has 0 saturated carbocycles. The summed E-state index contributed by atoms with van der Waals surface area (Å²) in [5.41, 5.74) is 1.72. The fourth-order valence-corrected chi connectivity index (χ4v) is 5.31. The molecule has 1 amide bonds. The van der Waals surface area contributed by atoms with E-state index in [-0.39, 0.29) is 16.8 Å². The van der Waals surface area contributed by atoms with Crippen molar-refractivity contribution in [2.45, 2.75) is 23.8 Å². The molecule has 1 fully saturated rings. The first-order valence-corrected chi connectivity index (χ1v) is 12.6. The molecule has 3 aromatic carbocycles. The van der Waals surface area contributed by atoms with Crippen molar-refractivity contribution in [3.63, 3.8) is 0 Å². The molecular formula is C26H28N2O6S. The summed E-state index contributed by atoms with van der Waals surface area (Å²) in [5, 5.41) is 0. The molecule has 9 heteroatoms. The van der Waals surface area contributed by atoms with E-state index in [2.05, 4.69) is 4.72 Å². The zero-order chi connectivity index (χ0) is 25.0. The van der Waals surface area contributed by atoms with Gasteiger partial charge in [0.2, 0.25) is 0 Å². The van der Waals surface area contributed by atoms with E-state index in [1.54, 1.807) is 62.6 Å². The summed E-state index contributed by atoms with van der Waals surface area (Å²) < 4.78 is 44.1. The van der Waals surface area contributed by atoms with Crippen LogP contribution in [0.3, 0.4) is 0 Å². The first kappa shape index (κ1) is 24.4. The van der Waals surface area contributed by atoms with E-state index in [1.165, 1.54) is 12.1 Å². The van der Waals surface area contributed by atoms with Crippen molar-refractivity contribution in [2.75, 3.05) is 32.6 Å². The highest BCUT2D eigenvalue weighted by atomic mass is 32.2. The molecule has 0 aliphatic carbocycles. The van der Waals surface area contributed by atoms with Gasteiger partial charge in [0.25, 0.3) is 15.9 Å². The van der Waals surface area contributed by atoms with E-state index in [0.29, 0.717) is 35.0 Å². The summed E-state index contributed by atoms with van der Waals surface area (Å²) in [6.45, 7) is 0.600. The lowest BCUT2D eigenvalue weighted by Crippen LogP contribution is -2.30. The molecular weight excluding hydrogens is 468 g/mol. The maximum Gasteiger partial charge on any atom is 0.261 e. The fraction of sp³-hybridized carbons (Fsp3) is 0.269. The number of carbonyl (C=O) groups excluding carboxylic acids is 1. The van der Waals surface area contributed by atoms with Crippen LogP contribution in [0, 0.1) is 0 Å². The normalized spacial score (nSPS) is 15.5. The standard InChI is InChI=1S/C26H28N2O6S/c1-32-20-10-8-19(9-11-20)27-35(30,31)22-13-6-18(7-14-22)26(29)28-16-4-5-24(28)23-17-21(33-2)12-15-25(23)34-3/h6-15,17,24,27H,4-5,16H2,1-3H3. The van der Waals surface area contributed by atoms with Gasteiger partial charge in [0.1, 0.15) is 17.2 Å². The molecule has 1 N–H and O–H groups in total. The maximum atomic E-state index is 13.4. The number of methoxy groups -OCH3 is 3. The molecule has 184 valence electrons. The number of ether oxygens (including phenoxy) is 3. The second-order valence-electron chi connectivity index (χ2n) is 8.12. The minimum Gasteiger partial charge on any atom is -0.497 e. The average molecular weight is 497 g/mol. The summed E-state index contributed by atoms with van der Waals surface area (Å²) in [6.07, 6.45) is 1.66. The molecule has 1 aliphatic heterocycles. The summed E-state index contributed by atoms with van der Waals surface area (Å²) in [5.74, 6) is 1.85. The lowest BCUT2D eigenvalue weighted by atomic mass is 10.0. The van der Waals surface area contributed by atoms with E-state index in [9.17, 15) is 13.2 Å². The molecule has 1 saturated heterocycles. The van der Waals surface area contributed by atoms with Crippen molar-refractivity contribution in [1.82, 2.24) is 4.90 Å². The number of anilines is 1. The first-order chi connectivity index (χ1) is 16.9. The Bertz CT molecular complexity index is 1290. The highest BCUT2D eigenvalue weighted by Crippen LogP contribution is 2.39. The van der Waals surface area contributed by atoms with E-state index in [4.69, 9.17) is 14.2 Å². The summed E-state index contributed by atoms with van der Waals surface area (Å²) in [7, 11) is 0.932. The second-order valence-corrected chi connectivity index (χ2v) is 9.81. The number of benzene rings is 3. The van der Waals surface area contributed by atoms with Crippen LogP contribution >= 0.6 is 0 Å². The van der Waals surface area contributed by atoms with Crippen molar-refractivity contribution in [3.05, 3.63) is 77.9 Å². The fourth-order valence-electron chi connectivity index (χ4n) is 4.25. The third-order valence-corrected chi connectivity index (χ3v) is 7.46. The minimum atomic E-state index is -3.81. The van der Waals surface area contributed by atoms with Crippen LogP contribution in [0.4, 0.5) is 5.69 Å². The Labute approximate surface area is 205 Å². The Morgan fingerprint density at radius 1 is 0.886 bits per heavy atom. The van der Waals surface area contributed by atoms with E-state index >= 15 is 0 Å². The molecule has 1 aliphatic rings. The lowest BCUT2D eigenvalue weighted by Gasteiger charge is -2.27. The van der Waals surface area contributed by atoms with Gasteiger partial charge in [-0.25, -0.2) is 8.42 Å². The topological polar surface area (TPSA) is 94.2 Å². The van der Waals surface area contributed by atoms with Gasteiger partial charge in [0.05, 0.1) is 32.3 Å². The molecule has 1 atom stereocenters. The number of hydrogen-bond donors (Lipinski definition) is 1. The number of sulfonamides is 1. The summed E-state index contributed by atoms with van der Waals surface area (Å²) in [6, 6.07) is 17.9. The smallest absolute Gasteiger partial charge is 0.261 e. The van der Waals surface area contributed by atoms with Gasteiger partial charge in [-0.3, -0.25) is 9.52 Å². The predicted molar refractivity (Wildman–Crippen MR) is 133 cm³/mol. The Balaban J connectivity index is 1.53. The summed E-state index contributed by atoms with van der Waals surface area (Å²) >= 11 is 0. The average Bonchev–Trinajstić information content (AvgIpc) is 3.38. The van der Waals surface area contributed by atoms with Crippen LogP contribution in [0.25, 0.3) is 0 Å². The van der Waals surface area contributed by atoms with E-state index < -0.39 is 10.0 Å².